The van der Waals surface area contributed by atoms with Crippen LogP contribution in [-0.4, -0.2) is 4.98 Å². The topological polar surface area (TPSA) is 61.3 Å². The molecule has 3 aromatic rings. The van der Waals surface area contributed by atoms with Crippen LogP contribution in [0, 0.1) is 5.82 Å². The van der Waals surface area contributed by atoms with E-state index < -0.39 is 0 Å². The molecule has 0 spiro atoms. The molecule has 1 heterocycles. The molecule has 0 bridgehead atoms. The fraction of sp³-hybridized carbons (Fsp3) is 0.0625. The first-order valence-corrected chi connectivity index (χ1v) is 6.39. The molecule has 0 saturated heterocycles. The van der Waals surface area contributed by atoms with Crippen LogP contribution in [0.5, 0.6) is 5.75 Å². The standard InChI is InChI=1S/C16H13FN2O2/c17-12-3-1-2-11(8-12)16-19-14(10-21-16)9-20-15-6-4-13(18)5-7-15/h1-8,10H,9,18H2. The van der Waals surface area contributed by atoms with Gasteiger partial charge in [0.05, 0.1) is 0 Å². The van der Waals surface area contributed by atoms with E-state index in [9.17, 15) is 4.39 Å². The van der Waals surface area contributed by atoms with Gasteiger partial charge in [0, 0.05) is 11.3 Å². The molecule has 0 aliphatic heterocycles. The molecular formula is C16H13FN2O2. The number of hydrogen-bond acceptors (Lipinski definition) is 4. The maximum absolute atomic E-state index is 13.2. The number of rotatable bonds is 4. The number of halogens is 1. The lowest BCUT2D eigenvalue weighted by molar-refractivity contribution is 0.301. The molecule has 4 nitrogen and oxygen atoms in total. The zero-order valence-electron chi connectivity index (χ0n) is 11.1. The maximum Gasteiger partial charge on any atom is 0.226 e. The molecule has 0 aliphatic rings. The molecule has 5 heteroatoms. The fourth-order valence-electron chi connectivity index (χ4n) is 1.85. The molecule has 0 fully saturated rings. The van der Waals surface area contributed by atoms with Gasteiger partial charge in [-0.15, -0.1) is 0 Å². The number of nitrogens with zero attached hydrogens (tertiary/aromatic N) is 1. The van der Waals surface area contributed by atoms with Gasteiger partial charge in [0.25, 0.3) is 0 Å². The first kappa shape index (κ1) is 13.2. The van der Waals surface area contributed by atoms with E-state index >= 15 is 0 Å². The summed E-state index contributed by atoms with van der Waals surface area (Å²) in [4.78, 5) is 4.27. The predicted molar refractivity (Wildman–Crippen MR) is 77.1 cm³/mol. The van der Waals surface area contributed by atoms with E-state index in [0.717, 1.165) is 0 Å². The lowest BCUT2D eigenvalue weighted by Gasteiger charge is -2.03. The molecule has 2 N–H and O–H groups in total. The Morgan fingerprint density at radius 1 is 1.14 bits per heavy atom. The summed E-state index contributed by atoms with van der Waals surface area (Å²) in [6.45, 7) is 0.267. The van der Waals surface area contributed by atoms with Crippen LogP contribution in [-0.2, 0) is 6.61 Å². The number of aromatic nitrogens is 1. The maximum atomic E-state index is 13.2. The Balaban J connectivity index is 1.69. The number of oxazole rings is 1. The summed E-state index contributed by atoms with van der Waals surface area (Å²) >= 11 is 0. The van der Waals surface area contributed by atoms with Crippen molar-refractivity contribution in [2.45, 2.75) is 6.61 Å². The van der Waals surface area contributed by atoms with Crippen LogP contribution in [0.1, 0.15) is 5.69 Å². The quantitative estimate of drug-likeness (QED) is 0.743. The minimum absolute atomic E-state index is 0.267. The number of nitrogens with two attached hydrogens (primary N) is 1. The van der Waals surface area contributed by atoms with Crippen LogP contribution in [0.25, 0.3) is 11.5 Å². The van der Waals surface area contributed by atoms with Crippen molar-refractivity contribution in [3.63, 3.8) is 0 Å². The second-order valence-corrected chi connectivity index (χ2v) is 4.51. The molecule has 0 amide bonds. The van der Waals surface area contributed by atoms with Gasteiger partial charge in [-0.2, -0.15) is 0 Å². The Morgan fingerprint density at radius 3 is 2.71 bits per heavy atom. The van der Waals surface area contributed by atoms with Gasteiger partial charge in [-0.25, -0.2) is 9.37 Å². The van der Waals surface area contributed by atoms with E-state index in [0.29, 0.717) is 28.6 Å². The fourth-order valence-corrected chi connectivity index (χ4v) is 1.85. The Morgan fingerprint density at radius 2 is 1.95 bits per heavy atom. The third kappa shape index (κ3) is 3.20. The summed E-state index contributed by atoms with van der Waals surface area (Å²) in [7, 11) is 0. The molecule has 106 valence electrons. The van der Waals surface area contributed by atoms with Crippen molar-refractivity contribution < 1.29 is 13.5 Å². The van der Waals surface area contributed by atoms with Crippen LogP contribution in [0.15, 0.2) is 59.2 Å². The van der Waals surface area contributed by atoms with Crippen molar-refractivity contribution in [1.29, 1.82) is 0 Å². The van der Waals surface area contributed by atoms with Gasteiger partial charge in [-0.05, 0) is 42.5 Å². The highest BCUT2D eigenvalue weighted by Gasteiger charge is 2.08. The molecule has 21 heavy (non-hydrogen) atoms. The Labute approximate surface area is 121 Å². The van der Waals surface area contributed by atoms with Crippen LogP contribution in [0.2, 0.25) is 0 Å². The van der Waals surface area contributed by atoms with E-state index in [4.69, 9.17) is 14.9 Å². The zero-order chi connectivity index (χ0) is 14.7. The van der Waals surface area contributed by atoms with Crippen molar-refractivity contribution in [2.75, 3.05) is 5.73 Å². The Kier molecular flexibility index (Phi) is 3.55. The molecule has 2 aromatic carbocycles. The number of benzene rings is 2. The molecule has 0 unspecified atom stereocenters. The number of nitrogen functional groups attached to an aromatic ring is 1. The largest absolute Gasteiger partial charge is 0.487 e. The van der Waals surface area contributed by atoms with Gasteiger partial charge in [-0.3, -0.25) is 0 Å². The molecule has 1 aromatic heterocycles. The summed E-state index contributed by atoms with van der Waals surface area (Å²) in [5, 5.41) is 0. The van der Waals surface area contributed by atoms with Crippen LogP contribution < -0.4 is 10.5 Å². The zero-order valence-corrected chi connectivity index (χ0v) is 11.1. The van der Waals surface area contributed by atoms with Gasteiger partial charge in [-0.1, -0.05) is 6.07 Å². The van der Waals surface area contributed by atoms with E-state index in [1.807, 2.05) is 0 Å². The normalized spacial score (nSPS) is 10.5. The molecule has 0 atom stereocenters. The molecule has 3 rings (SSSR count). The smallest absolute Gasteiger partial charge is 0.226 e. The SMILES string of the molecule is Nc1ccc(OCc2coc(-c3cccc(F)c3)n2)cc1. The number of hydrogen-bond donors (Lipinski definition) is 1. The summed E-state index contributed by atoms with van der Waals surface area (Å²) in [6.07, 6.45) is 1.50. The first-order valence-electron chi connectivity index (χ1n) is 6.39. The average molecular weight is 284 g/mol. The van der Waals surface area contributed by atoms with Crippen LogP contribution in [0.3, 0.4) is 0 Å². The third-order valence-electron chi connectivity index (χ3n) is 2.89. The lowest BCUT2D eigenvalue weighted by atomic mass is 10.2. The number of ether oxygens (including phenoxy) is 1. The second kappa shape index (κ2) is 5.66. The second-order valence-electron chi connectivity index (χ2n) is 4.51. The van der Waals surface area contributed by atoms with Gasteiger partial charge >= 0.3 is 0 Å². The average Bonchev–Trinajstić information content (AvgIpc) is 2.96. The summed E-state index contributed by atoms with van der Waals surface area (Å²) in [6, 6.07) is 13.2. The van der Waals surface area contributed by atoms with E-state index in [1.54, 1.807) is 36.4 Å². The monoisotopic (exact) mass is 284 g/mol. The van der Waals surface area contributed by atoms with Gasteiger partial charge in [0.1, 0.15) is 30.1 Å². The van der Waals surface area contributed by atoms with Gasteiger partial charge < -0.3 is 14.9 Å². The Bertz CT molecular complexity index is 738. The van der Waals surface area contributed by atoms with E-state index in [1.165, 1.54) is 18.4 Å². The highest BCUT2D eigenvalue weighted by molar-refractivity contribution is 5.52. The van der Waals surface area contributed by atoms with Crippen molar-refractivity contribution in [2.24, 2.45) is 0 Å². The van der Waals surface area contributed by atoms with Crippen molar-refractivity contribution in [3.05, 3.63) is 66.3 Å². The summed E-state index contributed by atoms with van der Waals surface area (Å²) in [5.41, 5.74) is 7.50. The van der Waals surface area contributed by atoms with Crippen molar-refractivity contribution in [1.82, 2.24) is 4.98 Å². The van der Waals surface area contributed by atoms with E-state index in [2.05, 4.69) is 4.98 Å². The van der Waals surface area contributed by atoms with E-state index in [-0.39, 0.29) is 12.4 Å². The van der Waals surface area contributed by atoms with Crippen molar-refractivity contribution in [3.8, 4) is 17.2 Å². The minimum atomic E-state index is -0.328. The van der Waals surface area contributed by atoms with Crippen LogP contribution in [0.4, 0.5) is 10.1 Å². The van der Waals surface area contributed by atoms with Gasteiger partial charge in [0.2, 0.25) is 5.89 Å². The highest BCUT2D eigenvalue weighted by Crippen LogP contribution is 2.20. The molecular weight excluding hydrogens is 271 g/mol. The van der Waals surface area contributed by atoms with Crippen LogP contribution >= 0.6 is 0 Å². The first-order chi connectivity index (χ1) is 10.2. The summed E-state index contributed by atoms with van der Waals surface area (Å²) < 4.78 is 24.1. The third-order valence-corrected chi connectivity index (χ3v) is 2.89. The predicted octanol–water partition coefficient (Wildman–Crippen LogP) is 3.64. The highest BCUT2D eigenvalue weighted by atomic mass is 19.1. The molecule has 0 radical (unpaired) electrons. The molecule has 0 saturated carbocycles. The van der Waals surface area contributed by atoms with Gasteiger partial charge in [0.15, 0.2) is 0 Å². The number of anilines is 1. The lowest BCUT2D eigenvalue weighted by Crippen LogP contribution is -1.96. The Hall–Kier alpha value is -2.82. The molecule has 0 aliphatic carbocycles. The summed E-state index contributed by atoms with van der Waals surface area (Å²) in [5.74, 6) is 0.732. The minimum Gasteiger partial charge on any atom is -0.487 e. The van der Waals surface area contributed by atoms with Crippen molar-refractivity contribution >= 4 is 5.69 Å².